The molecule has 0 aromatic carbocycles. The Kier molecular flexibility index (Phi) is 2.91. The van der Waals surface area contributed by atoms with E-state index in [-0.39, 0.29) is 6.10 Å². The zero-order valence-corrected chi connectivity index (χ0v) is 10.6. The van der Waals surface area contributed by atoms with Crippen LogP contribution in [0.15, 0.2) is 18.6 Å². The smallest absolute Gasteiger partial charge is 0.134 e. The molecule has 1 N–H and O–H groups in total. The molecule has 96 valence electrons. The fourth-order valence-electron chi connectivity index (χ4n) is 2.70. The summed E-state index contributed by atoms with van der Waals surface area (Å²) in [4.78, 5) is 0. The monoisotopic (exact) mass is 246 g/mol. The minimum Gasteiger partial charge on any atom is -0.388 e. The molecule has 5 heteroatoms. The Balaban J connectivity index is 1.76. The number of aliphatic hydroxyl groups is 1. The second kappa shape index (κ2) is 4.57. The van der Waals surface area contributed by atoms with Crippen molar-refractivity contribution in [1.29, 1.82) is 0 Å². The first-order valence-electron chi connectivity index (χ1n) is 6.44. The van der Waals surface area contributed by atoms with Crippen LogP contribution in [0.2, 0.25) is 0 Å². The van der Waals surface area contributed by atoms with Crippen LogP contribution in [0.25, 0.3) is 0 Å². The van der Waals surface area contributed by atoms with E-state index in [1.807, 2.05) is 11.6 Å². The van der Waals surface area contributed by atoms with Gasteiger partial charge in [0.15, 0.2) is 0 Å². The molecule has 0 radical (unpaired) electrons. The van der Waals surface area contributed by atoms with Gasteiger partial charge in [0.1, 0.15) is 12.2 Å². The van der Waals surface area contributed by atoms with Gasteiger partial charge >= 0.3 is 0 Å². The molecule has 0 spiro atoms. The standard InChI is InChI=1S/C13H18N4O/c1-16-9-14-15-13(16)6-8-17-7-5-10-11(17)3-2-4-12(10)18/h5,7,9,12,18H,2-4,6,8H2,1H3. The Morgan fingerprint density at radius 1 is 1.50 bits per heavy atom. The Morgan fingerprint density at radius 2 is 2.39 bits per heavy atom. The topological polar surface area (TPSA) is 55.9 Å². The van der Waals surface area contributed by atoms with Crippen LogP contribution in [-0.2, 0) is 26.4 Å². The first-order valence-corrected chi connectivity index (χ1v) is 6.44. The molecule has 2 aromatic rings. The predicted molar refractivity (Wildman–Crippen MR) is 67.0 cm³/mol. The molecule has 0 fully saturated rings. The molecule has 1 unspecified atom stereocenters. The van der Waals surface area contributed by atoms with Gasteiger partial charge in [0.05, 0.1) is 6.10 Å². The van der Waals surface area contributed by atoms with Crippen LogP contribution in [0, 0.1) is 0 Å². The van der Waals surface area contributed by atoms with Crippen LogP contribution in [0.4, 0.5) is 0 Å². The van der Waals surface area contributed by atoms with E-state index in [0.29, 0.717) is 0 Å². The van der Waals surface area contributed by atoms with Crippen molar-refractivity contribution in [2.45, 2.75) is 38.3 Å². The zero-order chi connectivity index (χ0) is 12.5. The van der Waals surface area contributed by atoms with Gasteiger partial charge in [-0.05, 0) is 25.3 Å². The average Bonchev–Trinajstić information content (AvgIpc) is 2.94. The largest absolute Gasteiger partial charge is 0.388 e. The van der Waals surface area contributed by atoms with E-state index >= 15 is 0 Å². The van der Waals surface area contributed by atoms with Gasteiger partial charge in [0.2, 0.25) is 0 Å². The van der Waals surface area contributed by atoms with Crippen molar-refractivity contribution >= 4 is 0 Å². The molecular weight excluding hydrogens is 228 g/mol. The van der Waals surface area contributed by atoms with E-state index in [9.17, 15) is 5.11 Å². The summed E-state index contributed by atoms with van der Waals surface area (Å²) in [7, 11) is 1.96. The van der Waals surface area contributed by atoms with Gasteiger partial charge in [-0.15, -0.1) is 10.2 Å². The normalized spacial score (nSPS) is 18.9. The van der Waals surface area contributed by atoms with Crippen molar-refractivity contribution in [3.8, 4) is 0 Å². The van der Waals surface area contributed by atoms with Crippen molar-refractivity contribution in [3.05, 3.63) is 35.7 Å². The van der Waals surface area contributed by atoms with E-state index < -0.39 is 0 Å². The predicted octanol–water partition coefficient (Wildman–Crippen LogP) is 1.23. The summed E-state index contributed by atoms with van der Waals surface area (Å²) in [5.41, 5.74) is 2.40. The van der Waals surface area contributed by atoms with E-state index in [1.165, 1.54) is 5.69 Å². The third-order valence-electron chi connectivity index (χ3n) is 3.75. The number of hydrogen-bond donors (Lipinski definition) is 1. The minimum absolute atomic E-state index is 0.273. The first kappa shape index (κ1) is 11.5. The van der Waals surface area contributed by atoms with Crippen molar-refractivity contribution in [1.82, 2.24) is 19.3 Å². The SMILES string of the molecule is Cn1cnnc1CCn1ccc2c1CCCC2O. The number of hydrogen-bond acceptors (Lipinski definition) is 3. The molecule has 1 atom stereocenters. The van der Waals surface area contributed by atoms with Crippen molar-refractivity contribution in [2.75, 3.05) is 0 Å². The quantitative estimate of drug-likeness (QED) is 0.886. The highest BCUT2D eigenvalue weighted by Crippen LogP contribution is 2.30. The molecule has 3 rings (SSSR count). The number of rotatable bonds is 3. The van der Waals surface area contributed by atoms with E-state index in [1.54, 1.807) is 6.33 Å². The van der Waals surface area contributed by atoms with Crippen LogP contribution in [0.5, 0.6) is 0 Å². The van der Waals surface area contributed by atoms with E-state index in [0.717, 1.165) is 43.6 Å². The summed E-state index contributed by atoms with van der Waals surface area (Å²) in [5.74, 6) is 0.994. The molecule has 0 aliphatic heterocycles. The molecule has 0 bridgehead atoms. The van der Waals surface area contributed by atoms with Gasteiger partial charge in [0.25, 0.3) is 0 Å². The van der Waals surface area contributed by atoms with E-state index in [2.05, 4.69) is 27.0 Å². The molecule has 0 saturated carbocycles. The molecular formula is C13H18N4O. The summed E-state index contributed by atoms with van der Waals surface area (Å²) >= 11 is 0. The number of aromatic nitrogens is 4. The average molecular weight is 246 g/mol. The van der Waals surface area contributed by atoms with E-state index in [4.69, 9.17) is 0 Å². The van der Waals surface area contributed by atoms with Gasteiger partial charge in [0, 0.05) is 37.5 Å². The maximum atomic E-state index is 9.93. The molecule has 1 aliphatic rings. The Morgan fingerprint density at radius 3 is 3.17 bits per heavy atom. The summed E-state index contributed by atoms with van der Waals surface area (Å²) < 4.78 is 4.19. The third-order valence-corrected chi connectivity index (χ3v) is 3.75. The Bertz CT molecular complexity index is 543. The Labute approximate surface area is 106 Å². The number of fused-ring (bicyclic) bond motifs is 1. The van der Waals surface area contributed by atoms with Crippen LogP contribution < -0.4 is 0 Å². The molecule has 5 nitrogen and oxygen atoms in total. The highest BCUT2D eigenvalue weighted by Gasteiger charge is 2.20. The highest BCUT2D eigenvalue weighted by atomic mass is 16.3. The van der Waals surface area contributed by atoms with Crippen LogP contribution in [0.1, 0.15) is 36.0 Å². The van der Waals surface area contributed by atoms with Gasteiger partial charge < -0.3 is 14.2 Å². The number of aryl methyl sites for hydroxylation is 3. The molecule has 2 heterocycles. The van der Waals surface area contributed by atoms with Gasteiger partial charge in [-0.1, -0.05) is 0 Å². The van der Waals surface area contributed by atoms with Gasteiger partial charge in [-0.3, -0.25) is 0 Å². The van der Waals surface area contributed by atoms with Crippen LogP contribution in [-0.4, -0.2) is 24.4 Å². The highest BCUT2D eigenvalue weighted by molar-refractivity contribution is 5.27. The zero-order valence-electron chi connectivity index (χ0n) is 10.6. The van der Waals surface area contributed by atoms with Gasteiger partial charge in [-0.25, -0.2) is 0 Å². The van der Waals surface area contributed by atoms with Crippen LogP contribution >= 0.6 is 0 Å². The maximum absolute atomic E-state index is 9.93. The lowest BCUT2D eigenvalue weighted by atomic mass is 9.95. The lowest BCUT2D eigenvalue weighted by Gasteiger charge is -2.20. The minimum atomic E-state index is -0.273. The molecule has 0 amide bonds. The fraction of sp³-hybridized carbons (Fsp3) is 0.538. The lowest BCUT2D eigenvalue weighted by molar-refractivity contribution is 0.155. The summed E-state index contributed by atoms with van der Waals surface area (Å²) in [6.45, 7) is 0.897. The number of aliphatic hydroxyl groups excluding tert-OH is 1. The number of nitrogens with zero attached hydrogens (tertiary/aromatic N) is 4. The Hall–Kier alpha value is -1.62. The summed E-state index contributed by atoms with van der Waals surface area (Å²) in [6.07, 6.45) is 7.43. The van der Waals surface area contributed by atoms with Crippen molar-refractivity contribution < 1.29 is 5.11 Å². The van der Waals surface area contributed by atoms with Crippen LogP contribution in [0.3, 0.4) is 0 Å². The van der Waals surface area contributed by atoms with Gasteiger partial charge in [-0.2, -0.15) is 0 Å². The summed E-state index contributed by atoms with van der Waals surface area (Å²) in [6, 6.07) is 2.05. The van der Waals surface area contributed by atoms with Crippen molar-refractivity contribution in [2.24, 2.45) is 7.05 Å². The molecule has 1 aliphatic carbocycles. The second-order valence-corrected chi connectivity index (χ2v) is 4.93. The summed E-state index contributed by atoms with van der Waals surface area (Å²) in [5, 5.41) is 17.9. The second-order valence-electron chi connectivity index (χ2n) is 4.93. The third kappa shape index (κ3) is 1.95. The molecule has 18 heavy (non-hydrogen) atoms. The maximum Gasteiger partial charge on any atom is 0.134 e. The molecule has 2 aromatic heterocycles. The lowest BCUT2D eigenvalue weighted by Crippen LogP contribution is -2.13. The fourth-order valence-corrected chi connectivity index (χ4v) is 2.70. The first-order chi connectivity index (χ1) is 8.75. The van der Waals surface area contributed by atoms with Crippen molar-refractivity contribution in [3.63, 3.8) is 0 Å². The molecule has 0 saturated heterocycles.